The molecule has 1 heterocycles. The summed E-state index contributed by atoms with van der Waals surface area (Å²) in [5.41, 5.74) is 0. The van der Waals surface area contributed by atoms with E-state index in [2.05, 4.69) is 17.2 Å². The molecular formula is C13H24N2O3. The van der Waals surface area contributed by atoms with Crippen LogP contribution in [-0.2, 0) is 22.3 Å². The Morgan fingerprint density at radius 2 is 2.17 bits per heavy atom. The van der Waals surface area contributed by atoms with Crippen LogP contribution in [-0.4, -0.2) is 45.0 Å². The van der Waals surface area contributed by atoms with Gasteiger partial charge in [0.15, 0.2) is 5.89 Å². The molecular weight excluding hydrogens is 232 g/mol. The minimum absolute atomic E-state index is 0.259. The third kappa shape index (κ3) is 6.14. The number of rotatable bonds is 10. The van der Waals surface area contributed by atoms with Gasteiger partial charge in [0.1, 0.15) is 5.76 Å². The number of nitrogens with zero attached hydrogens (tertiary/aromatic N) is 1. The Labute approximate surface area is 109 Å². The summed E-state index contributed by atoms with van der Waals surface area (Å²) in [6.45, 7) is 4.50. The largest absolute Gasteiger partial charge is 0.446 e. The number of hydrogen-bond donors (Lipinski definition) is 1. The normalized spacial score (nSPS) is 12.8. The first-order valence-electron chi connectivity index (χ1n) is 6.42. The van der Waals surface area contributed by atoms with Crippen molar-refractivity contribution < 1.29 is 13.9 Å². The molecule has 0 aliphatic rings. The molecule has 0 aliphatic carbocycles. The number of methoxy groups -OCH3 is 2. The predicted octanol–water partition coefficient (Wildman–Crippen LogP) is 1.42. The maximum absolute atomic E-state index is 5.65. The average Bonchev–Trinajstić information content (AvgIpc) is 2.83. The number of ether oxygens (including phenoxy) is 2. The summed E-state index contributed by atoms with van der Waals surface area (Å²) in [5.74, 6) is 1.73. The lowest BCUT2D eigenvalue weighted by atomic mass is 10.2. The molecule has 0 saturated carbocycles. The molecule has 0 aliphatic heterocycles. The summed E-state index contributed by atoms with van der Waals surface area (Å²) in [7, 11) is 3.42. The first-order chi connectivity index (χ1) is 8.76. The van der Waals surface area contributed by atoms with Crippen LogP contribution in [0.2, 0.25) is 0 Å². The molecule has 0 aromatic carbocycles. The lowest BCUT2D eigenvalue weighted by Gasteiger charge is -2.06. The molecule has 0 fully saturated rings. The number of aromatic nitrogens is 1. The number of oxazole rings is 1. The second-order valence-electron chi connectivity index (χ2n) is 4.30. The third-order valence-corrected chi connectivity index (χ3v) is 2.80. The molecule has 1 N–H and O–H groups in total. The Bertz CT molecular complexity index is 315. The van der Waals surface area contributed by atoms with Gasteiger partial charge in [0.2, 0.25) is 0 Å². The number of nitrogens with one attached hydrogen (secondary N) is 1. The zero-order chi connectivity index (χ0) is 13.2. The van der Waals surface area contributed by atoms with Crippen molar-refractivity contribution in [3.63, 3.8) is 0 Å². The molecule has 1 rings (SSSR count). The van der Waals surface area contributed by atoms with Gasteiger partial charge in [-0.25, -0.2) is 4.98 Å². The maximum atomic E-state index is 5.65. The van der Waals surface area contributed by atoms with Gasteiger partial charge < -0.3 is 19.2 Å². The molecule has 1 aromatic heterocycles. The van der Waals surface area contributed by atoms with E-state index >= 15 is 0 Å². The first-order valence-corrected chi connectivity index (χ1v) is 6.42. The zero-order valence-corrected chi connectivity index (χ0v) is 11.6. The van der Waals surface area contributed by atoms with Crippen LogP contribution in [0.3, 0.4) is 0 Å². The molecule has 1 atom stereocenters. The van der Waals surface area contributed by atoms with Crippen molar-refractivity contribution in [2.75, 3.05) is 33.9 Å². The Morgan fingerprint density at radius 1 is 1.33 bits per heavy atom. The minimum Gasteiger partial charge on any atom is -0.446 e. The van der Waals surface area contributed by atoms with E-state index in [1.54, 1.807) is 14.2 Å². The molecule has 1 aromatic rings. The summed E-state index contributed by atoms with van der Waals surface area (Å²) in [4.78, 5) is 4.26. The van der Waals surface area contributed by atoms with Gasteiger partial charge in [-0.1, -0.05) is 0 Å². The summed E-state index contributed by atoms with van der Waals surface area (Å²) in [6.07, 6.45) is 4.71. The van der Waals surface area contributed by atoms with Crippen LogP contribution in [0, 0.1) is 0 Å². The Morgan fingerprint density at radius 3 is 2.89 bits per heavy atom. The van der Waals surface area contributed by atoms with Gasteiger partial charge in [0.25, 0.3) is 0 Å². The lowest BCUT2D eigenvalue weighted by Crippen LogP contribution is -2.21. The van der Waals surface area contributed by atoms with E-state index in [9.17, 15) is 0 Å². The average molecular weight is 256 g/mol. The molecule has 5 heteroatoms. The van der Waals surface area contributed by atoms with Crippen molar-refractivity contribution in [2.24, 2.45) is 0 Å². The van der Waals surface area contributed by atoms with Crippen molar-refractivity contribution in [3.8, 4) is 0 Å². The third-order valence-electron chi connectivity index (χ3n) is 2.80. The second-order valence-corrected chi connectivity index (χ2v) is 4.30. The van der Waals surface area contributed by atoms with E-state index in [1.165, 1.54) is 0 Å². The summed E-state index contributed by atoms with van der Waals surface area (Å²) in [5, 5.41) is 3.26. The van der Waals surface area contributed by atoms with Crippen LogP contribution >= 0.6 is 0 Å². The van der Waals surface area contributed by atoms with Crippen molar-refractivity contribution in [3.05, 3.63) is 17.8 Å². The van der Waals surface area contributed by atoms with Crippen molar-refractivity contribution in [1.29, 1.82) is 0 Å². The highest BCUT2D eigenvalue weighted by Gasteiger charge is 2.06. The molecule has 104 valence electrons. The van der Waals surface area contributed by atoms with E-state index in [4.69, 9.17) is 13.9 Å². The van der Waals surface area contributed by atoms with Gasteiger partial charge in [0, 0.05) is 40.2 Å². The predicted molar refractivity (Wildman–Crippen MR) is 69.7 cm³/mol. The molecule has 5 nitrogen and oxygen atoms in total. The van der Waals surface area contributed by atoms with Crippen LogP contribution < -0.4 is 5.32 Å². The van der Waals surface area contributed by atoms with Crippen LogP contribution in [0.5, 0.6) is 0 Å². The van der Waals surface area contributed by atoms with E-state index in [1.807, 2.05) is 6.20 Å². The monoisotopic (exact) mass is 256 g/mol. The van der Waals surface area contributed by atoms with Crippen molar-refractivity contribution in [1.82, 2.24) is 10.3 Å². The van der Waals surface area contributed by atoms with E-state index in [0.717, 1.165) is 50.6 Å². The lowest BCUT2D eigenvalue weighted by molar-refractivity contribution is 0.110. The Balaban J connectivity index is 2.17. The Kier molecular flexibility index (Phi) is 7.64. The fraction of sp³-hybridized carbons (Fsp3) is 0.769. The molecule has 0 amide bonds. The van der Waals surface area contributed by atoms with E-state index in [-0.39, 0.29) is 6.10 Å². The number of aryl methyl sites for hydroxylation is 1. The highest BCUT2D eigenvalue weighted by Crippen LogP contribution is 2.09. The van der Waals surface area contributed by atoms with Gasteiger partial charge >= 0.3 is 0 Å². The highest BCUT2D eigenvalue weighted by molar-refractivity contribution is 4.95. The molecule has 0 bridgehead atoms. The quantitative estimate of drug-likeness (QED) is 0.642. The van der Waals surface area contributed by atoms with Crippen LogP contribution in [0.15, 0.2) is 10.6 Å². The topological polar surface area (TPSA) is 56.5 Å². The maximum Gasteiger partial charge on any atom is 0.195 e. The minimum atomic E-state index is 0.259. The second kappa shape index (κ2) is 9.08. The van der Waals surface area contributed by atoms with Gasteiger partial charge in [-0.15, -0.1) is 0 Å². The van der Waals surface area contributed by atoms with E-state index in [0.29, 0.717) is 0 Å². The van der Waals surface area contributed by atoms with Gasteiger partial charge in [0.05, 0.1) is 18.9 Å². The van der Waals surface area contributed by atoms with Crippen LogP contribution in [0.25, 0.3) is 0 Å². The van der Waals surface area contributed by atoms with Crippen LogP contribution in [0.4, 0.5) is 0 Å². The SMILES string of the molecule is COCCNCCc1ncc(CCC(C)OC)o1. The van der Waals surface area contributed by atoms with E-state index < -0.39 is 0 Å². The number of hydrogen-bond acceptors (Lipinski definition) is 5. The standard InChI is InChI=1S/C13H24N2O3/c1-11(17-3)4-5-12-10-15-13(18-12)6-7-14-8-9-16-2/h10-11,14H,4-9H2,1-3H3. The molecule has 0 saturated heterocycles. The molecule has 18 heavy (non-hydrogen) atoms. The van der Waals surface area contributed by atoms with Gasteiger partial charge in [-0.05, 0) is 13.3 Å². The highest BCUT2D eigenvalue weighted by atomic mass is 16.5. The summed E-state index contributed by atoms with van der Waals surface area (Å²) < 4.78 is 15.8. The summed E-state index contributed by atoms with van der Waals surface area (Å²) >= 11 is 0. The molecule has 0 spiro atoms. The Hall–Kier alpha value is -0.910. The smallest absolute Gasteiger partial charge is 0.195 e. The van der Waals surface area contributed by atoms with Crippen LogP contribution in [0.1, 0.15) is 25.0 Å². The summed E-state index contributed by atoms with van der Waals surface area (Å²) in [6, 6.07) is 0. The zero-order valence-electron chi connectivity index (χ0n) is 11.6. The van der Waals surface area contributed by atoms with Gasteiger partial charge in [-0.3, -0.25) is 0 Å². The molecule has 1 unspecified atom stereocenters. The fourth-order valence-electron chi connectivity index (χ4n) is 1.54. The molecule has 0 radical (unpaired) electrons. The first kappa shape index (κ1) is 15.1. The fourth-order valence-corrected chi connectivity index (χ4v) is 1.54. The van der Waals surface area contributed by atoms with Gasteiger partial charge in [-0.2, -0.15) is 0 Å². The van der Waals surface area contributed by atoms with Crippen molar-refractivity contribution in [2.45, 2.75) is 32.3 Å². The van der Waals surface area contributed by atoms with Crippen molar-refractivity contribution >= 4 is 0 Å².